The van der Waals surface area contributed by atoms with Crippen LogP contribution in [0.3, 0.4) is 0 Å². The van der Waals surface area contributed by atoms with E-state index in [-0.39, 0.29) is 23.0 Å². The number of rotatable bonds is 7. The second-order valence-corrected chi connectivity index (χ2v) is 8.01. The highest BCUT2D eigenvalue weighted by Gasteiger charge is 2.18. The minimum Gasteiger partial charge on any atom is -0.388 e. The van der Waals surface area contributed by atoms with Crippen molar-refractivity contribution in [3.8, 4) is 11.3 Å². The van der Waals surface area contributed by atoms with Gasteiger partial charge in [0.05, 0.1) is 16.9 Å². The van der Waals surface area contributed by atoms with Crippen molar-refractivity contribution in [3.63, 3.8) is 0 Å². The van der Waals surface area contributed by atoms with Crippen LogP contribution >= 0.6 is 0 Å². The van der Waals surface area contributed by atoms with Gasteiger partial charge in [-0.15, -0.1) is 0 Å². The molecule has 0 aliphatic carbocycles. The molecule has 0 atom stereocenters. The van der Waals surface area contributed by atoms with Crippen molar-refractivity contribution < 1.29 is 14.3 Å². The van der Waals surface area contributed by atoms with E-state index in [4.69, 9.17) is 0 Å². The van der Waals surface area contributed by atoms with Crippen molar-refractivity contribution in [2.45, 2.75) is 33.6 Å². The molecule has 2 heterocycles. The molecule has 1 amide bonds. The summed E-state index contributed by atoms with van der Waals surface area (Å²) < 4.78 is 15.1. The maximum Gasteiger partial charge on any atom is 0.251 e. The van der Waals surface area contributed by atoms with Crippen molar-refractivity contribution in [2.75, 3.05) is 25.2 Å². The van der Waals surface area contributed by atoms with Gasteiger partial charge >= 0.3 is 0 Å². The van der Waals surface area contributed by atoms with Crippen LogP contribution in [0.2, 0.25) is 0 Å². The Balaban J connectivity index is 2.19. The molecule has 0 radical (unpaired) electrons. The van der Waals surface area contributed by atoms with Crippen LogP contribution in [0.4, 0.5) is 10.1 Å². The lowest BCUT2D eigenvalue weighted by atomic mass is 9.95. The molecule has 1 aromatic carbocycles. The van der Waals surface area contributed by atoms with E-state index in [2.05, 4.69) is 15.1 Å². The van der Waals surface area contributed by atoms with Gasteiger partial charge in [0.15, 0.2) is 11.7 Å². The summed E-state index contributed by atoms with van der Waals surface area (Å²) in [5.41, 5.74) is 3.21. The lowest BCUT2D eigenvalue weighted by Gasteiger charge is -2.21. The normalized spacial score (nSPS) is 11.8. The van der Waals surface area contributed by atoms with Crippen LogP contribution in [-0.2, 0) is 4.79 Å². The molecule has 0 spiro atoms. The first kappa shape index (κ1) is 24.1. The van der Waals surface area contributed by atoms with Gasteiger partial charge in [-0.25, -0.2) is 9.37 Å². The van der Waals surface area contributed by atoms with Crippen molar-refractivity contribution in [2.24, 2.45) is 5.10 Å². The van der Waals surface area contributed by atoms with Gasteiger partial charge in [-0.1, -0.05) is 13.8 Å². The highest BCUT2D eigenvalue weighted by molar-refractivity contribution is 5.93. The largest absolute Gasteiger partial charge is 0.388 e. The SMILES string of the molecule is CCN(C=O)/C(CO)=N\N(C)c1cc2c(C(C)C)cc(-c3cc[nH]c(=O)c3C)nc2cc1F. The minimum atomic E-state index is -0.554. The first-order chi connectivity index (χ1) is 15.7. The number of aliphatic hydroxyl groups excluding tert-OH is 1. The van der Waals surface area contributed by atoms with Gasteiger partial charge < -0.3 is 10.1 Å². The van der Waals surface area contributed by atoms with E-state index in [0.717, 1.165) is 10.9 Å². The molecule has 2 N–H and O–H groups in total. The standard InChI is InChI=1S/C24H28FN5O3/c1-6-30(13-32)23(12-31)28-29(5)22-10-18-17(14(2)3)9-20(27-21(18)11-19(22)25)16-7-8-26-24(33)15(16)4/h7-11,13-14,31H,6,12H2,1-5H3,(H,26,33)/b28-23-. The smallest absolute Gasteiger partial charge is 0.251 e. The summed E-state index contributed by atoms with van der Waals surface area (Å²) in [6.07, 6.45) is 2.14. The minimum absolute atomic E-state index is 0.0994. The van der Waals surface area contributed by atoms with Crippen LogP contribution < -0.4 is 10.6 Å². The molecule has 33 heavy (non-hydrogen) atoms. The molecule has 0 aliphatic heterocycles. The maximum absolute atomic E-state index is 15.1. The highest BCUT2D eigenvalue weighted by atomic mass is 19.1. The third kappa shape index (κ3) is 4.78. The van der Waals surface area contributed by atoms with E-state index < -0.39 is 12.4 Å². The number of amides is 1. The molecule has 8 nitrogen and oxygen atoms in total. The van der Waals surface area contributed by atoms with Gasteiger partial charge in [0.1, 0.15) is 6.61 Å². The monoisotopic (exact) mass is 453 g/mol. The number of hydrazone groups is 1. The van der Waals surface area contributed by atoms with Crippen LogP contribution in [0.1, 0.15) is 37.8 Å². The number of hydrogen-bond donors (Lipinski definition) is 2. The van der Waals surface area contributed by atoms with E-state index in [1.54, 1.807) is 39.2 Å². The van der Waals surface area contributed by atoms with E-state index in [1.165, 1.54) is 16.0 Å². The fraction of sp³-hybridized carbons (Fsp3) is 0.333. The number of nitrogens with zero attached hydrogens (tertiary/aromatic N) is 4. The Morgan fingerprint density at radius 2 is 2.06 bits per heavy atom. The Bertz CT molecular complexity index is 1270. The molecule has 0 fully saturated rings. The van der Waals surface area contributed by atoms with Crippen molar-refractivity contribution in [1.82, 2.24) is 14.9 Å². The van der Waals surface area contributed by atoms with E-state index >= 15 is 4.39 Å². The average molecular weight is 454 g/mol. The molecule has 174 valence electrons. The first-order valence-electron chi connectivity index (χ1n) is 10.7. The number of aromatic amines is 1. The number of nitrogens with one attached hydrogen (secondary N) is 1. The fourth-order valence-corrected chi connectivity index (χ4v) is 3.68. The molecule has 3 aromatic rings. The molecule has 0 unspecified atom stereocenters. The van der Waals surface area contributed by atoms with Crippen molar-refractivity contribution >= 4 is 28.8 Å². The third-order valence-electron chi connectivity index (χ3n) is 5.57. The van der Waals surface area contributed by atoms with Crippen molar-refractivity contribution in [3.05, 3.63) is 57.8 Å². The van der Waals surface area contributed by atoms with E-state index in [9.17, 15) is 14.7 Å². The molecule has 0 saturated carbocycles. The van der Waals surface area contributed by atoms with E-state index in [1.807, 2.05) is 19.9 Å². The molecule has 9 heteroatoms. The lowest BCUT2D eigenvalue weighted by Crippen LogP contribution is -2.34. The number of halogens is 1. The number of benzene rings is 1. The van der Waals surface area contributed by atoms with Gasteiger partial charge in [0, 0.05) is 42.4 Å². The first-order valence-corrected chi connectivity index (χ1v) is 10.7. The number of carbonyl (C=O) groups excluding carboxylic acids is 1. The lowest BCUT2D eigenvalue weighted by molar-refractivity contribution is -0.114. The number of hydrogen-bond acceptors (Lipinski definition) is 6. The number of carbonyl (C=O) groups is 1. The maximum atomic E-state index is 15.1. The molecule has 0 bridgehead atoms. The predicted molar refractivity (Wildman–Crippen MR) is 128 cm³/mol. The number of aromatic nitrogens is 2. The summed E-state index contributed by atoms with van der Waals surface area (Å²) in [4.78, 5) is 31.8. The number of amidine groups is 1. The molecular weight excluding hydrogens is 425 g/mol. The molecule has 0 aliphatic rings. The van der Waals surface area contributed by atoms with Crippen LogP contribution in [-0.4, -0.2) is 52.4 Å². The Hall–Kier alpha value is -3.59. The molecule has 2 aromatic heterocycles. The second kappa shape index (κ2) is 9.91. The Kier molecular flexibility index (Phi) is 7.23. The topological polar surface area (TPSA) is 102 Å². The van der Waals surface area contributed by atoms with Gasteiger partial charge in [-0.05, 0) is 43.5 Å². The second-order valence-electron chi connectivity index (χ2n) is 8.01. The quantitative estimate of drug-likeness (QED) is 0.247. The highest BCUT2D eigenvalue weighted by Crippen LogP contribution is 2.33. The van der Waals surface area contributed by atoms with Gasteiger partial charge in [0.2, 0.25) is 6.41 Å². The number of anilines is 1. The number of pyridine rings is 2. The van der Waals surface area contributed by atoms with Crippen LogP contribution in [0.15, 0.2) is 40.4 Å². The van der Waals surface area contributed by atoms with Crippen LogP contribution in [0.25, 0.3) is 22.2 Å². The zero-order chi connectivity index (χ0) is 24.3. The summed E-state index contributed by atoms with van der Waals surface area (Å²) >= 11 is 0. The fourth-order valence-electron chi connectivity index (χ4n) is 3.68. The number of fused-ring (bicyclic) bond motifs is 1. The third-order valence-corrected chi connectivity index (χ3v) is 5.57. The van der Waals surface area contributed by atoms with Crippen LogP contribution in [0.5, 0.6) is 0 Å². The predicted octanol–water partition coefficient (Wildman–Crippen LogP) is 3.38. The van der Waals surface area contributed by atoms with Crippen molar-refractivity contribution in [1.29, 1.82) is 0 Å². The summed E-state index contributed by atoms with van der Waals surface area (Å²) in [6, 6.07) is 6.71. The Morgan fingerprint density at radius 1 is 1.33 bits per heavy atom. The summed E-state index contributed by atoms with van der Waals surface area (Å²) in [5, 5.41) is 15.9. The summed E-state index contributed by atoms with van der Waals surface area (Å²) in [7, 11) is 1.55. The zero-order valence-corrected chi connectivity index (χ0v) is 19.4. The zero-order valence-electron chi connectivity index (χ0n) is 19.4. The van der Waals surface area contributed by atoms with Crippen LogP contribution in [0, 0.1) is 12.7 Å². The summed E-state index contributed by atoms with van der Waals surface area (Å²) in [5.74, 6) is -0.346. The Labute approximate surface area is 191 Å². The number of likely N-dealkylation sites (N-methyl/N-ethyl adjacent to an activating group) is 1. The number of aliphatic hydroxyl groups is 1. The van der Waals surface area contributed by atoms with E-state index in [0.29, 0.717) is 35.3 Å². The molecule has 3 rings (SSSR count). The molecule has 0 saturated heterocycles. The van der Waals surface area contributed by atoms with Gasteiger partial charge in [0.25, 0.3) is 5.56 Å². The van der Waals surface area contributed by atoms with Gasteiger partial charge in [-0.3, -0.25) is 19.5 Å². The average Bonchev–Trinajstić information content (AvgIpc) is 2.79. The summed E-state index contributed by atoms with van der Waals surface area (Å²) in [6.45, 7) is 7.38. The van der Waals surface area contributed by atoms with Gasteiger partial charge in [-0.2, -0.15) is 5.10 Å². The Morgan fingerprint density at radius 3 is 2.67 bits per heavy atom. The molecular formula is C24H28FN5O3. The number of H-pyrrole nitrogens is 1.